The number of aryl methyl sites for hydroxylation is 1. The van der Waals surface area contributed by atoms with Crippen molar-refractivity contribution in [3.63, 3.8) is 0 Å². The molecular weight excluding hydrogens is 278 g/mol. The summed E-state index contributed by atoms with van der Waals surface area (Å²) in [4.78, 5) is 13.6. The van der Waals surface area contributed by atoms with Gasteiger partial charge < -0.3 is 10.2 Å². The summed E-state index contributed by atoms with van der Waals surface area (Å²) in [5.41, 5.74) is 1.04. The van der Waals surface area contributed by atoms with Crippen LogP contribution in [-0.2, 0) is 6.42 Å². The van der Waals surface area contributed by atoms with Gasteiger partial charge in [0.15, 0.2) is 0 Å². The molecule has 0 aliphatic carbocycles. The lowest BCUT2D eigenvalue weighted by Gasteiger charge is -2.34. The third-order valence-corrected chi connectivity index (χ3v) is 4.19. The van der Waals surface area contributed by atoms with Crippen molar-refractivity contribution in [2.24, 2.45) is 0 Å². The van der Waals surface area contributed by atoms with Gasteiger partial charge in [0.25, 0.3) is 5.78 Å². The molecule has 0 aromatic carbocycles. The number of hydrogen-bond acceptors (Lipinski definition) is 6. The minimum Gasteiger partial charge on any atom is -0.366 e. The summed E-state index contributed by atoms with van der Waals surface area (Å²) in [5, 5.41) is 7.83. The molecule has 120 valence electrons. The molecule has 0 saturated carbocycles. The molecule has 3 rings (SSSR count). The van der Waals surface area contributed by atoms with E-state index < -0.39 is 0 Å². The average molecular weight is 303 g/mol. The Labute approximate surface area is 131 Å². The molecule has 1 fully saturated rings. The van der Waals surface area contributed by atoms with Gasteiger partial charge in [0.2, 0.25) is 0 Å². The zero-order valence-corrected chi connectivity index (χ0v) is 13.7. The number of nitrogens with zero attached hydrogens (tertiary/aromatic N) is 6. The number of aromatic nitrogens is 4. The summed E-state index contributed by atoms with van der Waals surface area (Å²) in [7, 11) is 2.18. The average Bonchev–Trinajstić information content (AvgIpc) is 2.98. The second-order valence-electron chi connectivity index (χ2n) is 6.11. The van der Waals surface area contributed by atoms with E-state index in [0.717, 1.165) is 50.7 Å². The van der Waals surface area contributed by atoms with Gasteiger partial charge in [0, 0.05) is 50.5 Å². The second kappa shape index (κ2) is 6.58. The van der Waals surface area contributed by atoms with Gasteiger partial charge in [-0.25, -0.2) is 4.98 Å². The molecule has 7 heteroatoms. The second-order valence-corrected chi connectivity index (χ2v) is 6.11. The molecule has 22 heavy (non-hydrogen) atoms. The molecule has 0 bridgehead atoms. The highest BCUT2D eigenvalue weighted by Gasteiger charge is 2.17. The van der Waals surface area contributed by atoms with Crippen molar-refractivity contribution in [2.75, 3.05) is 45.1 Å². The van der Waals surface area contributed by atoms with E-state index in [1.807, 2.05) is 0 Å². The van der Waals surface area contributed by atoms with Crippen LogP contribution < -0.4 is 5.32 Å². The SMILES string of the molecule is CCc1cc(NC(C)CN2CCN(C)CC2)n2ncnc2n1. The summed E-state index contributed by atoms with van der Waals surface area (Å²) >= 11 is 0. The smallest absolute Gasteiger partial charge is 0.254 e. The topological polar surface area (TPSA) is 61.6 Å². The first-order valence-electron chi connectivity index (χ1n) is 8.03. The normalized spacial score (nSPS) is 18.7. The molecule has 1 unspecified atom stereocenters. The highest BCUT2D eigenvalue weighted by atomic mass is 15.4. The highest BCUT2D eigenvalue weighted by molar-refractivity contribution is 5.45. The van der Waals surface area contributed by atoms with Crippen molar-refractivity contribution in [2.45, 2.75) is 26.3 Å². The Morgan fingerprint density at radius 3 is 2.77 bits per heavy atom. The van der Waals surface area contributed by atoms with Gasteiger partial charge in [-0.3, -0.25) is 4.90 Å². The van der Waals surface area contributed by atoms with E-state index in [0.29, 0.717) is 11.8 Å². The molecule has 0 spiro atoms. The van der Waals surface area contributed by atoms with Crippen LogP contribution in [-0.4, -0.2) is 75.2 Å². The maximum Gasteiger partial charge on any atom is 0.254 e. The van der Waals surface area contributed by atoms with Crippen LogP contribution in [0.5, 0.6) is 0 Å². The highest BCUT2D eigenvalue weighted by Crippen LogP contribution is 2.13. The van der Waals surface area contributed by atoms with Crippen molar-refractivity contribution in [3.05, 3.63) is 18.1 Å². The predicted molar refractivity (Wildman–Crippen MR) is 87.2 cm³/mol. The van der Waals surface area contributed by atoms with Crippen molar-refractivity contribution in [1.29, 1.82) is 0 Å². The van der Waals surface area contributed by atoms with Gasteiger partial charge in [-0.2, -0.15) is 14.6 Å². The number of rotatable bonds is 5. The summed E-state index contributed by atoms with van der Waals surface area (Å²) in [5.74, 6) is 1.63. The Morgan fingerprint density at radius 2 is 2.05 bits per heavy atom. The Hall–Kier alpha value is -1.73. The predicted octanol–water partition coefficient (Wildman–Crippen LogP) is 0.735. The van der Waals surface area contributed by atoms with Gasteiger partial charge in [-0.1, -0.05) is 6.92 Å². The van der Waals surface area contributed by atoms with Crippen LogP contribution in [0.1, 0.15) is 19.5 Å². The van der Waals surface area contributed by atoms with E-state index in [4.69, 9.17) is 0 Å². The fraction of sp³-hybridized carbons (Fsp3) is 0.667. The van der Waals surface area contributed by atoms with Crippen molar-refractivity contribution in [3.8, 4) is 0 Å². The first-order valence-corrected chi connectivity index (χ1v) is 8.03. The van der Waals surface area contributed by atoms with Crippen LogP contribution in [0.2, 0.25) is 0 Å². The first kappa shape index (κ1) is 15.2. The molecule has 1 atom stereocenters. The number of piperazine rings is 1. The molecule has 1 aliphatic heterocycles. The van der Waals surface area contributed by atoms with Crippen molar-refractivity contribution < 1.29 is 0 Å². The number of hydrogen-bond donors (Lipinski definition) is 1. The van der Waals surface area contributed by atoms with Crippen LogP contribution >= 0.6 is 0 Å². The molecule has 3 heterocycles. The van der Waals surface area contributed by atoms with Crippen molar-refractivity contribution in [1.82, 2.24) is 29.4 Å². The van der Waals surface area contributed by atoms with E-state index in [2.05, 4.69) is 57.1 Å². The van der Waals surface area contributed by atoms with Gasteiger partial charge in [-0.05, 0) is 20.4 Å². The molecule has 1 saturated heterocycles. The minimum atomic E-state index is 0.350. The van der Waals surface area contributed by atoms with Gasteiger partial charge in [-0.15, -0.1) is 0 Å². The van der Waals surface area contributed by atoms with E-state index in [1.165, 1.54) is 0 Å². The zero-order valence-electron chi connectivity index (χ0n) is 13.7. The molecule has 0 radical (unpaired) electrons. The van der Waals surface area contributed by atoms with E-state index in [1.54, 1.807) is 10.8 Å². The van der Waals surface area contributed by atoms with E-state index >= 15 is 0 Å². The Bertz CT molecular complexity index is 615. The van der Waals surface area contributed by atoms with Crippen LogP contribution in [0.25, 0.3) is 5.78 Å². The number of nitrogens with one attached hydrogen (secondary N) is 1. The fourth-order valence-corrected chi connectivity index (χ4v) is 2.86. The summed E-state index contributed by atoms with van der Waals surface area (Å²) in [6.45, 7) is 9.92. The monoisotopic (exact) mass is 303 g/mol. The van der Waals surface area contributed by atoms with Crippen LogP contribution in [0.4, 0.5) is 5.82 Å². The van der Waals surface area contributed by atoms with E-state index in [-0.39, 0.29) is 0 Å². The third kappa shape index (κ3) is 3.36. The maximum absolute atomic E-state index is 4.48. The summed E-state index contributed by atoms with van der Waals surface area (Å²) in [6.07, 6.45) is 2.45. The lowest BCUT2D eigenvalue weighted by molar-refractivity contribution is 0.151. The standard InChI is InChI=1S/C15H25N7/c1-4-13-9-14(22-15(19-13)16-11-17-22)18-12(2)10-21-7-5-20(3)6-8-21/h9,11-12,18H,4-8,10H2,1-3H3. The summed E-state index contributed by atoms with van der Waals surface area (Å²) in [6, 6.07) is 2.42. The number of anilines is 1. The molecule has 1 N–H and O–H groups in total. The van der Waals surface area contributed by atoms with E-state index in [9.17, 15) is 0 Å². The maximum atomic E-state index is 4.48. The molecule has 1 aliphatic rings. The first-order chi connectivity index (χ1) is 10.7. The molecule has 2 aromatic rings. The molecule has 0 amide bonds. The molecule has 7 nitrogen and oxygen atoms in total. The Kier molecular flexibility index (Phi) is 4.54. The third-order valence-electron chi connectivity index (χ3n) is 4.19. The molecule has 2 aromatic heterocycles. The molecular formula is C15H25N7. The largest absolute Gasteiger partial charge is 0.366 e. The van der Waals surface area contributed by atoms with Gasteiger partial charge in [0.1, 0.15) is 12.1 Å². The zero-order chi connectivity index (χ0) is 15.5. The van der Waals surface area contributed by atoms with Gasteiger partial charge in [0.05, 0.1) is 0 Å². The summed E-state index contributed by atoms with van der Waals surface area (Å²) < 4.78 is 1.78. The van der Waals surface area contributed by atoms with Crippen LogP contribution in [0.3, 0.4) is 0 Å². The Balaban J connectivity index is 1.68. The lowest BCUT2D eigenvalue weighted by atomic mass is 10.2. The van der Waals surface area contributed by atoms with Crippen LogP contribution in [0, 0.1) is 0 Å². The minimum absolute atomic E-state index is 0.350. The van der Waals surface area contributed by atoms with Crippen molar-refractivity contribution >= 4 is 11.6 Å². The van der Waals surface area contributed by atoms with Crippen LogP contribution in [0.15, 0.2) is 12.4 Å². The lowest BCUT2D eigenvalue weighted by Crippen LogP contribution is -2.47. The quantitative estimate of drug-likeness (QED) is 0.879. The number of fused-ring (bicyclic) bond motifs is 1. The fourth-order valence-electron chi connectivity index (χ4n) is 2.86. The van der Waals surface area contributed by atoms with Gasteiger partial charge >= 0.3 is 0 Å². The Morgan fingerprint density at radius 1 is 1.27 bits per heavy atom. The number of likely N-dealkylation sites (N-methyl/N-ethyl adjacent to an activating group) is 1.